The van der Waals surface area contributed by atoms with Gasteiger partial charge < -0.3 is 20.1 Å². The highest BCUT2D eigenvalue weighted by molar-refractivity contribution is 5.94. The van der Waals surface area contributed by atoms with E-state index in [0.29, 0.717) is 30.0 Å². The number of anilines is 1. The molecule has 0 aliphatic heterocycles. The highest BCUT2D eigenvalue weighted by atomic mass is 16.7. The number of ether oxygens (including phenoxy) is 2. The molecule has 33 heavy (non-hydrogen) atoms. The molecule has 0 atom stereocenters. The van der Waals surface area contributed by atoms with Gasteiger partial charge in [-0.3, -0.25) is 9.59 Å². The molecule has 0 aromatic heterocycles. The Labute approximate surface area is 192 Å². The number of amides is 2. The molecule has 0 radical (unpaired) electrons. The molecule has 0 saturated heterocycles. The number of benzene rings is 3. The van der Waals surface area contributed by atoms with Gasteiger partial charge in [0.2, 0.25) is 5.91 Å². The van der Waals surface area contributed by atoms with Crippen molar-refractivity contribution in [2.75, 3.05) is 11.9 Å². The fourth-order valence-electron chi connectivity index (χ4n) is 3.15. The van der Waals surface area contributed by atoms with Crippen molar-refractivity contribution >= 4 is 23.7 Å². The van der Waals surface area contributed by atoms with Crippen LogP contribution in [0.1, 0.15) is 34.0 Å². The van der Waals surface area contributed by atoms with E-state index in [0.717, 1.165) is 16.7 Å². The summed E-state index contributed by atoms with van der Waals surface area (Å²) in [7, 11) is 0. The van der Waals surface area contributed by atoms with Crippen molar-refractivity contribution in [3.63, 3.8) is 0 Å². The summed E-state index contributed by atoms with van der Waals surface area (Å²) in [6.45, 7) is 4.18. The number of aryl methyl sites for hydroxylation is 1. The third kappa shape index (κ3) is 7.21. The van der Waals surface area contributed by atoms with Gasteiger partial charge >= 0.3 is 6.16 Å². The fourth-order valence-corrected chi connectivity index (χ4v) is 3.15. The molecular weight excluding hydrogens is 420 g/mol. The standard InChI is InChI=1S/C26H26N2O5/c1-3-32-26(31)33-23-13-11-20(12-14-23)25(30)27-17-19-8-6-10-22(15-19)28-24(29)16-21-9-5-4-7-18(21)2/h4-15H,3,16-17H2,1-2H3,(H,27,30)(H,28,29). The molecule has 0 spiro atoms. The second-order valence-electron chi connectivity index (χ2n) is 7.34. The van der Waals surface area contributed by atoms with Crippen LogP contribution in [0.5, 0.6) is 5.75 Å². The topological polar surface area (TPSA) is 93.7 Å². The van der Waals surface area contributed by atoms with E-state index in [1.54, 1.807) is 19.1 Å². The molecule has 0 unspecified atom stereocenters. The summed E-state index contributed by atoms with van der Waals surface area (Å²) >= 11 is 0. The molecule has 0 aliphatic rings. The largest absolute Gasteiger partial charge is 0.513 e. The molecule has 170 valence electrons. The molecule has 2 N–H and O–H groups in total. The van der Waals surface area contributed by atoms with Crippen LogP contribution in [-0.4, -0.2) is 24.6 Å². The van der Waals surface area contributed by atoms with Crippen LogP contribution in [0, 0.1) is 6.92 Å². The van der Waals surface area contributed by atoms with E-state index in [1.165, 1.54) is 12.1 Å². The van der Waals surface area contributed by atoms with Gasteiger partial charge in [0, 0.05) is 17.8 Å². The zero-order chi connectivity index (χ0) is 23.6. The van der Waals surface area contributed by atoms with Crippen molar-refractivity contribution in [1.29, 1.82) is 0 Å². The first-order valence-electron chi connectivity index (χ1n) is 10.6. The molecule has 3 rings (SSSR count). The summed E-state index contributed by atoms with van der Waals surface area (Å²) in [5.74, 6) is -0.0820. The SMILES string of the molecule is CCOC(=O)Oc1ccc(C(=O)NCc2cccc(NC(=O)Cc3ccccc3C)c2)cc1. The molecular formula is C26H26N2O5. The molecule has 0 heterocycles. The van der Waals surface area contributed by atoms with Crippen molar-refractivity contribution in [1.82, 2.24) is 5.32 Å². The van der Waals surface area contributed by atoms with Crippen LogP contribution in [0.25, 0.3) is 0 Å². The fraction of sp³-hybridized carbons (Fsp3) is 0.192. The summed E-state index contributed by atoms with van der Waals surface area (Å²) in [6, 6.07) is 21.3. The van der Waals surface area contributed by atoms with Crippen LogP contribution >= 0.6 is 0 Å². The summed E-state index contributed by atoms with van der Waals surface area (Å²) in [5, 5.41) is 5.74. The molecule has 2 amide bonds. The van der Waals surface area contributed by atoms with Gasteiger partial charge in [0.05, 0.1) is 13.0 Å². The maximum atomic E-state index is 12.4. The number of carbonyl (C=O) groups excluding carboxylic acids is 3. The van der Waals surface area contributed by atoms with E-state index in [9.17, 15) is 14.4 Å². The highest BCUT2D eigenvalue weighted by Crippen LogP contribution is 2.15. The Hall–Kier alpha value is -4.13. The predicted octanol–water partition coefficient (Wildman–Crippen LogP) is 4.64. The molecule has 3 aromatic carbocycles. The van der Waals surface area contributed by atoms with Crippen molar-refractivity contribution in [3.05, 3.63) is 95.1 Å². The Morgan fingerprint density at radius 1 is 0.909 bits per heavy atom. The van der Waals surface area contributed by atoms with E-state index >= 15 is 0 Å². The number of carbonyl (C=O) groups is 3. The maximum absolute atomic E-state index is 12.4. The quantitative estimate of drug-likeness (QED) is 0.388. The second-order valence-corrected chi connectivity index (χ2v) is 7.34. The van der Waals surface area contributed by atoms with E-state index in [1.807, 2.05) is 55.5 Å². The summed E-state index contributed by atoms with van der Waals surface area (Å²) in [5.41, 5.74) is 4.00. The first-order valence-corrected chi connectivity index (χ1v) is 10.6. The lowest BCUT2D eigenvalue weighted by molar-refractivity contribution is -0.115. The number of hydrogen-bond acceptors (Lipinski definition) is 5. The minimum atomic E-state index is -0.791. The van der Waals surface area contributed by atoms with Gasteiger partial charge in [-0.25, -0.2) is 4.79 Å². The maximum Gasteiger partial charge on any atom is 0.513 e. The first-order chi connectivity index (χ1) is 15.9. The van der Waals surface area contributed by atoms with Crippen LogP contribution in [-0.2, 0) is 22.5 Å². The Morgan fingerprint density at radius 3 is 2.39 bits per heavy atom. The first kappa shape index (κ1) is 23.5. The van der Waals surface area contributed by atoms with Crippen LogP contribution in [0.4, 0.5) is 10.5 Å². The van der Waals surface area contributed by atoms with E-state index in [4.69, 9.17) is 9.47 Å². The average molecular weight is 447 g/mol. The summed E-state index contributed by atoms with van der Waals surface area (Å²) in [4.78, 5) is 36.2. The Morgan fingerprint density at radius 2 is 1.67 bits per heavy atom. The van der Waals surface area contributed by atoms with Gasteiger partial charge in [0.1, 0.15) is 5.75 Å². The molecule has 7 heteroatoms. The Balaban J connectivity index is 1.52. The van der Waals surface area contributed by atoms with Gasteiger partial charge in [-0.1, -0.05) is 36.4 Å². The van der Waals surface area contributed by atoms with E-state index in [-0.39, 0.29) is 18.4 Å². The van der Waals surface area contributed by atoms with Crippen molar-refractivity contribution in [2.24, 2.45) is 0 Å². The Bertz CT molecular complexity index is 1130. The molecule has 0 fully saturated rings. The van der Waals surface area contributed by atoms with Gasteiger partial charge in [-0.15, -0.1) is 0 Å². The third-order valence-corrected chi connectivity index (χ3v) is 4.86. The summed E-state index contributed by atoms with van der Waals surface area (Å²) < 4.78 is 9.69. The van der Waals surface area contributed by atoms with Gasteiger partial charge in [0.25, 0.3) is 5.91 Å². The van der Waals surface area contributed by atoms with Crippen LogP contribution in [0.15, 0.2) is 72.8 Å². The second kappa shape index (κ2) is 11.5. The van der Waals surface area contributed by atoms with E-state index in [2.05, 4.69) is 10.6 Å². The van der Waals surface area contributed by atoms with Gasteiger partial charge in [-0.05, 0) is 66.9 Å². The minimum Gasteiger partial charge on any atom is -0.434 e. The van der Waals surface area contributed by atoms with Crippen LogP contribution in [0.2, 0.25) is 0 Å². The molecule has 0 bridgehead atoms. The predicted molar refractivity (Wildman–Crippen MR) is 125 cm³/mol. The van der Waals surface area contributed by atoms with Crippen molar-refractivity contribution < 1.29 is 23.9 Å². The van der Waals surface area contributed by atoms with Gasteiger partial charge in [-0.2, -0.15) is 0 Å². The molecule has 7 nitrogen and oxygen atoms in total. The smallest absolute Gasteiger partial charge is 0.434 e. The minimum absolute atomic E-state index is 0.101. The summed E-state index contributed by atoms with van der Waals surface area (Å²) in [6.07, 6.45) is -0.496. The zero-order valence-corrected chi connectivity index (χ0v) is 18.6. The van der Waals surface area contributed by atoms with Crippen LogP contribution in [0.3, 0.4) is 0 Å². The van der Waals surface area contributed by atoms with Gasteiger partial charge in [0.15, 0.2) is 0 Å². The van der Waals surface area contributed by atoms with E-state index < -0.39 is 6.16 Å². The molecule has 3 aromatic rings. The lowest BCUT2D eigenvalue weighted by atomic mass is 10.1. The number of hydrogen-bond donors (Lipinski definition) is 2. The highest BCUT2D eigenvalue weighted by Gasteiger charge is 2.10. The van der Waals surface area contributed by atoms with Crippen molar-refractivity contribution in [3.8, 4) is 5.75 Å². The third-order valence-electron chi connectivity index (χ3n) is 4.86. The lowest BCUT2D eigenvalue weighted by Gasteiger charge is -2.10. The Kier molecular flexibility index (Phi) is 8.18. The van der Waals surface area contributed by atoms with Crippen LogP contribution < -0.4 is 15.4 Å². The number of nitrogens with one attached hydrogen (secondary N) is 2. The monoisotopic (exact) mass is 446 g/mol. The zero-order valence-electron chi connectivity index (χ0n) is 18.6. The normalized spacial score (nSPS) is 10.2. The number of rotatable bonds is 8. The average Bonchev–Trinajstić information content (AvgIpc) is 2.80. The van der Waals surface area contributed by atoms with Crippen molar-refractivity contribution in [2.45, 2.75) is 26.8 Å². The molecule has 0 saturated carbocycles. The lowest BCUT2D eigenvalue weighted by Crippen LogP contribution is -2.23. The molecule has 0 aliphatic carbocycles.